The van der Waals surface area contributed by atoms with E-state index in [0.717, 1.165) is 19.3 Å². The van der Waals surface area contributed by atoms with E-state index in [4.69, 9.17) is 4.74 Å². The summed E-state index contributed by atoms with van der Waals surface area (Å²) in [5, 5.41) is 0. The van der Waals surface area contributed by atoms with Crippen LogP contribution in [0.2, 0.25) is 0 Å². The van der Waals surface area contributed by atoms with Crippen molar-refractivity contribution < 1.29 is 14.3 Å². The quantitative estimate of drug-likeness (QED) is 0.691. The Morgan fingerprint density at radius 3 is 2.71 bits per heavy atom. The fraction of sp³-hybridized carbons (Fsp3) is 0.714. The topological polar surface area (TPSA) is 43.4 Å². The maximum atomic E-state index is 11.5. The summed E-state index contributed by atoms with van der Waals surface area (Å²) in [4.78, 5) is 22.7. The Morgan fingerprint density at radius 1 is 1.41 bits per heavy atom. The molecule has 0 spiro atoms. The van der Waals surface area contributed by atoms with Crippen LogP contribution in [-0.2, 0) is 14.3 Å². The number of carbonyl (C=O) groups excluding carboxylic acids is 2. The van der Waals surface area contributed by atoms with Gasteiger partial charge in [-0.1, -0.05) is 19.4 Å². The van der Waals surface area contributed by atoms with Crippen molar-refractivity contribution in [3.05, 3.63) is 11.6 Å². The Morgan fingerprint density at radius 2 is 2.12 bits per heavy atom. The van der Waals surface area contributed by atoms with E-state index in [1.165, 1.54) is 5.57 Å². The van der Waals surface area contributed by atoms with E-state index in [9.17, 15) is 9.59 Å². The van der Waals surface area contributed by atoms with Gasteiger partial charge in [-0.2, -0.15) is 0 Å². The van der Waals surface area contributed by atoms with Crippen molar-refractivity contribution >= 4 is 11.8 Å². The van der Waals surface area contributed by atoms with Crippen LogP contribution < -0.4 is 0 Å². The van der Waals surface area contributed by atoms with Crippen LogP contribution in [0.1, 0.15) is 52.9 Å². The van der Waals surface area contributed by atoms with Gasteiger partial charge in [-0.15, -0.1) is 0 Å². The normalized spacial score (nSPS) is 18.8. The monoisotopic (exact) mass is 238 g/mol. The first-order valence-corrected chi connectivity index (χ1v) is 6.31. The minimum atomic E-state index is -0.144. The number of hydrogen-bond donors (Lipinski definition) is 0. The number of carbonyl (C=O) groups is 2. The third-order valence-corrected chi connectivity index (χ3v) is 2.91. The van der Waals surface area contributed by atoms with Crippen LogP contribution in [0.3, 0.4) is 0 Å². The number of esters is 1. The van der Waals surface area contributed by atoms with E-state index in [-0.39, 0.29) is 17.2 Å². The second kappa shape index (κ2) is 5.99. The van der Waals surface area contributed by atoms with Gasteiger partial charge in [-0.05, 0) is 37.7 Å². The van der Waals surface area contributed by atoms with Crippen molar-refractivity contribution in [2.24, 2.45) is 5.41 Å². The van der Waals surface area contributed by atoms with Gasteiger partial charge in [0.2, 0.25) is 0 Å². The molecule has 0 aromatic heterocycles. The van der Waals surface area contributed by atoms with Crippen LogP contribution in [0.15, 0.2) is 11.6 Å². The van der Waals surface area contributed by atoms with Crippen molar-refractivity contribution in [2.75, 3.05) is 6.61 Å². The van der Waals surface area contributed by atoms with Gasteiger partial charge in [-0.3, -0.25) is 9.59 Å². The van der Waals surface area contributed by atoms with Crippen molar-refractivity contribution in [1.82, 2.24) is 0 Å². The van der Waals surface area contributed by atoms with Gasteiger partial charge in [0.1, 0.15) is 0 Å². The Bertz CT molecular complexity index is 326. The van der Waals surface area contributed by atoms with Crippen LogP contribution in [0.4, 0.5) is 0 Å². The van der Waals surface area contributed by atoms with E-state index >= 15 is 0 Å². The molecule has 3 nitrogen and oxygen atoms in total. The van der Waals surface area contributed by atoms with Gasteiger partial charge < -0.3 is 4.74 Å². The zero-order valence-electron chi connectivity index (χ0n) is 11.0. The number of hydrogen-bond acceptors (Lipinski definition) is 3. The summed E-state index contributed by atoms with van der Waals surface area (Å²) in [5.74, 6) is 0.0712. The van der Waals surface area contributed by atoms with Crippen molar-refractivity contribution in [3.8, 4) is 0 Å². The molecule has 0 radical (unpaired) electrons. The van der Waals surface area contributed by atoms with Crippen molar-refractivity contribution in [3.63, 3.8) is 0 Å². The van der Waals surface area contributed by atoms with Crippen LogP contribution >= 0.6 is 0 Å². The summed E-state index contributed by atoms with van der Waals surface area (Å²) >= 11 is 0. The third-order valence-electron chi connectivity index (χ3n) is 2.91. The molecular weight excluding hydrogens is 216 g/mol. The average Bonchev–Trinajstić information content (AvgIpc) is 2.14. The first-order chi connectivity index (χ1) is 7.93. The van der Waals surface area contributed by atoms with Crippen molar-refractivity contribution in [2.45, 2.75) is 52.9 Å². The molecular formula is C14H22O3. The molecule has 1 aliphatic rings. The number of rotatable bonds is 5. The predicted molar refractivity (Wildman–Crippen MR) is 66.6 cm³/mol. The molecule has 1 rings (SSSR count). The lowest BCUT2D eigenvalue weighted by Gasteiger charge is -2.28. The summed E-state index contributed by atoms with van der Waals surface area (Å²) in [6.45, 7) is 6.47. The Kier molecular flexibility index (Phi) is 4.91. The highest BCUT2D eigenvalue weighted by atomic mass is 16.5. The lowest BCUT2D eigenvalue weighted by Crippen LogP contribution is -2.21. The van der Waals surface area contributed by atoms with Crippen LogP contribution in [0.5, 0.6) is 0 Å². The number of ketones is 1. The molecule has 0 N–H and O–H groups in total. The lowest BCUT2D eigenvalue weighted by molar-refractivity contribution is -0.143. The zero-order chi connectivity index (χ0) is 12.9. The van der Waals surface area contributed by atoms with Gasteiger partial charge in [0.25, 0.3) is 0 Å². The second-order valence-corrected chi connectivity index (χ2v) is 5.45. The van der Waals surface area contributed by atoms with Crippen molar-refractivity contribution in [1.29, 1.82) is 0 Å². The minimum Gasteiger partial charge on any atom is -0.466 e. The van der Waals surface area contributed by atoms with E-state index in [1.54, 1.807) is 6.08 Å². The average molecular weight is 238 g/mol. The molecule has 0 unspecified atom stereocenters. The first-order valence-electron chi connectivity index (χ1n) is 6.31. The molecule has 0 aromatic carbocycles. The lowest BCUT2D eigenvalue weighted by atomic mass is 9.76. The molecule has 0 aromatic rings. The van der Waals surface area contributed by atoms with Gasteiger partial charge in [0.15, 0.2) is 5.78 Å². The summed E-state index contributed by atoms with van der Waals surface area (Å²) < 4.78 is 4.87. The Hall–Kier alpha value is -1.12. The fourth-order valence-electron chi connectivity index (χ4n) is 2.33. The molecule has 0 heterocycles. The first kappa shape index (κ1) is 13.9. The predicted octanol–water partition coefficient (Wildman–Crippen LogP) is 3.04. The Labute approximate surface area is 103 Å². The second-order valence-electron chi connectivity index (χ2n) is 5.45. The van der Waals surface area contributed by atoms with E-state index in [1.807, 2.05) is 6.92 Å². The standard InChI is InChI=1S/C14H22O3/c1-4-17-13(16)7-5-6-11-8-12(15)10-14(2,3)9-11/h8H,4-7,9-10H2,1-3H3. The maximum Gasteiger partial charge on any atom is 0.305 e. The molecule has 96 valence electrons. The van der Waals surface area contributed by atoms with Gasteiger partial charge in [0.05, 0.1) is 6.61 Å². The highest BCUT2D eigenvalue weighted by Crippen LogP contribution is 2.35. The SMILES string of the molecule is CCOC(=O)CCCC1=CC(=O)CC(C)(C)C1. The fourth-order valence-corrected chi connectivity index (χ4v) is 2.33. The molecule has 0 amide bonds. The number of ether oxygens (including phenoxy) is 1. The zero-order valence-corrected chi connectivity index (χ0v) is 11.0. The summed E-state index contributed by atoms with van der Waals surface area (Å²) in [6, 6.07) is 0. The van der Waals surface area contributed by atoms with Crippen LogP contribution in [-0.4, -0.2) is 18.4 Å². The van der Waals surface area contributed by atoms with Crippen LogP contribution in [0.25, 0.3) is 0 Å². The molecule has 0 bridgehead atoms. The molecule has 0 saturated heterocycles. The molecule has 0 atom stereocenters. The van der Waals surface area contributed by atoms with E-state index < -0.39 is 0 Å². The minimum absolute atomic E-state index is 0.0745. The van der Waals surface area contributed by atoms with Gasteiger partial charge in [-0.25, -0.2) is 0 Å². The van der Waals surface area contributed by atoms with Gasteiger partial charge >= 0.3 is 5.97 Å². The molecule has 17 heavy (non-hydrogen) atoms. The summed E-state index contributed by atoms with van der Waals surface area (Å²) in [5.41, 5.74) is 1.25. The molecule has 3 heteroatoms. The number of allylic oxidation sites excluding steroid dienone is 2. The van der Waals surface area contributed by atoms with E-state index in [0.29, 0.717) is 19.4 Å². The highest BCUT2D eigenvalue weighted by molar-refractivity contribution is 5.91. The van der Waals surface area contributed by atoms with Gasteiger partial charge in [0, 0.05) is 12.8 Å². The highest BCUT2D eigenvalue weighted by Gasteiger charge is 2.26. The van der Waals surface area contributed by atoms with Crippen LogP contribution in [0, 0.1) is 5.41 Å². The summed E-state index contributed by atoms with van der Waals surface area (Å²) in [7, 11) is 0. The largest absolute Gasteiger partial charge is 0.466 e. The third kappa shape index (κ3) is 5.16. The Balaban J connectivity index is 2.37. The molecule has 0 aliphatic heterocycles. The molecule has 1 aliphatic carbocycles. The maximum absolute atomic E-state index is 11.5. The smallest absolute Gasteiger partial charge is 0.305 e. The van der Waals surface area contributed by atoms with E-state index in [2.05, 4.69) is 13.8 Å². The molecule has 0 saturated carbocycles. The molecule has 0 fully saturated rings. The summed E-state index contributed by atoms with van der Waals surface area (Å²) in [6.07, 6.45) is 5.40.